The van der Waals surface area contributed by atoms with Crippen LogP contribution in [0.5, 0.6) is 5.75 Å². The van der Waals surface area contributed by atoms with Crippen molar-refractivity contribution in [3.63, 3.8) is 0 Å². The molecule has 0 unspecified atom stereocenters. The number of amides is 2. The number of benzene rings is 4. The number of ether oxygens (including phenoxy) is 2. The van der Waals surface area contributed by atoms with Crippen LogP contribution in [0.1, 0.15) is 61.2 Å². The summed E-state index contributed by atoms with van der Waals surface area (Å²) in [4.78, 5) is 57.7. The van der Waals surface area contributed by atoms with Crippen LogP contribution in [0.3, 0.4) is 0 Å². The topological polar surface area (TPSA) is 158 Å². The Hall–Kier alpha value is -6.74. The molecule has 1 fully saturated rings. The maximum absolute atomic E-state index is 12.6. The number of carbonyl (C=O) groups is 3. The van der Waals surface area contributed by atoms with Gasteiger partial charge in [0.25, 0.3) is 0 Å². The van der Waals surface area contributed by atoms with E-state index in [9.17, 15) is 19.5 Å². The number of carbonyl (C=O) groups excluding carboxylic acids is 2. The molecular weight excluding hydrogens is 807 g/mol. The molecule has 1 saturated heterocycles. The zero-order chi connectivity index (χ0) is 43.7. The Morgan fingerprint density at radius 1 is 0.774 bits per heavy atom. The normalized spacial score (nSPS) is 14.8. The van der Waals surface area contributed by atoms with Crippen molar-refractivity contribution in [1.82, 2.24) is 19.7 Å². The Balaban J connectivity index is 0.968. The smallest absolute Gasteiger partial charge is 0.410 e. The molecule has 1 aromatic heterocycles. The van der Waals surface area contributed by atoms with Gasteiger partial charge in [0.05, 0.1) is 0 Å². The maximum Gasteiger partial charge on any atom is 0.410 e. The van der Waals surface area contributed by atoms with E-state index in [-0.39, 0.29) is 36.6 Å². The summed E-state index contributed by atoms with van der Waals surface area (Å²) in [7, 11) is 0. The lowest BCUT2D eigenvalue weighted by molar-refractivity contribution is -0.129. The van der Waals surface area contributed by atoms with Gasteiger partial charge >= 0.3 is 12.1 Å². The lowest BCUT2D eigenvalue weighted by atomic mass is 9.77. The molecule has 2 aliphatic rings. The third-order valence-corrected chi connectivity index (χ3v) is 11.2. The van der Waals surface area contributed by atoms with Crippen LogP contribution in [0.25, 0.3) is 0 Å². The Kier molecular flexibility index (Phi) is 13.5. The van der Waals surface area contributed by atoms with Crippen LogP contribution in [-0.4, -0.2) is 106 Å². The number of guanidine groups is 1. The highest BCUT2D eigenvalue weighted by atomic mass is 32.1. The first-order valence-electron chi connectivity index (χ1n) is 20.6. The summed E-state index contributed by atoms with van der Waals surface area (Å²) in [6, 6.07) is 36.1. The summed E-state index contributed by atoms with van der Waals surface area (Å²) in [5.41, 5.74) is 3.60. The molecule has 0 bridgehead atoms. The molecule has 2 aliphatic heterocycles. The monoisotopic (exact) mass is 857 g/mol. The summed E-state index contributed by atoms with van der Waals surface area (Å²) >= 11 is 1.28. The van der Waals surface area contributed by atoms with E-state index in [1.165, 1.54) is 18.3 Å². The number of nitrogens with one attached hydrogen (secondary N) is 1. The molecule has 0 aliphatic carbocycles. The first kappa shape index (κ1) is 43.4. The van der Waals surface area contributed by atoms with Gasteiger partial charge in [-0.2, -0.15) is 4.99 Å². The van der Waals surface area contributed by atoms with E-state index in [1.54, 1.807) is 10.3 Å². The zero-order valence-corrected chi connectivity index (χ0v) is 36.1. The predicted octanol–water partition coefficient (Wildman–Crippen LogP) is 7.24. The fourth-order valence-corrected chi connectivity index (χ4v) is 8.32. The van der Waals surface area contributed by atoms with Crippen molar-refractivity contribution in [2.24, 2.45) is 10.1 Å². The number of piperazine rings is 1. The number of aliphatic carboxylic acids is 1. The van der Waals surface area contributed by atoms with Crippen molar-refractivity contribution in [3.8, 4) is 5.75 Å². The summed E-state index contributed by atoms with van der Waals surface area (Å²) in [5.74, 6) is -0.304. The molecule has 0 atom stereocenters. The number of carboxylic acid groups (broad SMARTS) is 1. The van der Waals surface area contributed by atoms with E-state index in [0.29, 0.717) is 62.5 Å². The minimum Gasteiger partial charge on any atom is -0.490 e. The van der Waals surface area contributed by atoms with Crippen LogP contribution < -0.4 is 10.1 Å². The summed E-state index contributed by atoms with van der Waals surface area (Å²) < 4.78 is 11.5. The van der Waals surface area contributed by atoms with Gasteiger partial charge in [-0.15, -0.1) is 11.3 Å². The van der Waals surface area contributed by atoms with Crippen molar-refractivity contribution in [3.05, 3.63) is 148 Å². The van der Waals surface area contributed by atoms with Gasteiger partial charge < -0.3 is 39.4 Å². The molecule has 2 N–H and O–H groups in total. The number of carboxylic acids is 1. The number of oxime groups is 1. The minimum absolute atomic E-state index is 0.00206. The second-order valence-electron chi connectivity index (χ2n) is 15.9. The highest BCUT2D eigenvalue weighted by Crippen LogP contribution is 2.40. The summed E-state index contributed by atoms with van der Waals surface area (Å²) in [5, 5.41) is 19.9. The van der Waals surface area contributed by atoms with E-state index in [1.807, 2.05) is 93.6 Å². The molecule has 322 valence electrons. The molecule has 2 amide bonds. The van der Waals surface area contributed by atoms with Crippen molar-refractivity contribution in [2.75, 3.05) is 51.3 Å². The van der Waals surface area contributed by atoms with Crippen molar-refractivity contribution >= 4 is 46.1 Å². The molecule has 0 spiro atoms. The Labute approximate surface area is 365 Å². The number of rotatable bonds is 12. The Morgan fingerprint density at radius 2 is 1.37 bits per heavy atom. The molecule has 15 heteroatoms. The third kappa shape index (κ3) is 10.4. The first-order valence-corrected chi connectivity index (χ1v) is 21.4. The fraction of sp³-hybridized carbons (Fsp3) is 0.319. The summed E-state index contributed by atoms with van der Waals surface area (Å²) in [6.45, 7) is 10.3. The molecular formula is C47H51N7O7S. The summed E-state index contributed by atoms with van der Waals surface area (Å²) in [6.07, 6.45) is 0.362. The van der Waals surface area contributed by atoms with Crippen LogP contribution >= 0.6 is 11.3 Å². The average Bonchev–Trinajstić information content (AvgIpc) is 3.73. The molecule has 14 nitrogen and oxygen atoms in total. The minimum atomic E-state index is -1.27. The van der Waals surface area contributed by atoms with Crippen LogP contribution in [0.2, 0.25) is 0 Å². The standard InChI is InChI=1S/C47H51N7O7S/c1-33(55)48-44(52-24-26-53(27-25-52)45(58)61-46(2,3)4)54-23-22-34-30-39(21-20-35(34)31-54)59-28-29-60-51-41(42(56)57)40-32-62-43(49-40)50-47(36-14-8-5-9-15-36,37-16-10-6-11-17-37)38-18-12-7-13-19-38/h5-21,30,32H,22-29,31H2,1-4H3,(H,49,50)(H,56,57)/b48-44?,51-41-. The van der Waals surface area contributed by atoms with Gasteiger partial charge in [-0.3, -0.25) is 4.79 Å². The average molecular weight is 858 g/mol. The van der Waals surface area contributed by atoms with Gasteiger partial charge in [0, 0.05) is 51.6 Å². The van der Waals surface area contributed by atoms with Crippen LogP contribution in [0.4, 0.5) is 9.93 Å². The quantitative estimate of drug-likeness (QED) is 0.0428. The molecule has 0 saturated carbocycles. The van der Waals surface area contributed by atoms with Crippen molar-refractivity contribution in [1.29, 1.82) is 0 Å². The number of anilines is 1. The fourth-order valence-electron chi connectivity index (χ4n) is 7.57. The van der Waals surface area contributed by atoms with Gasteiger partial charge in [-0.05, 0) is 67.1 Å². The lowest BCUT2D eigenvalue weighted by Crippen LogP contribution is -2.56. The van der Waals surface area contributed by atoms with E-state index in [2.05, 4.69) is 61.7 Å². The van der Waals surface area contributed by atoms with Gasteiger partial charge in [0.2, 0.25) is 17.6 Å². The van der Waals surface area contributed by atoms with Gasteiger partial charge in [-0.1, -0.05) is 102 Å². The number of hydrogen-bond acceptors (Lipinski definition) is 10. The van der Waals surface area contributed by atoms with E-state index >= 15 is 0 Å². The molecule has 62 heavy (non-hydrogen) atoms. The predicted molar refractivity (Wildman–Crippen MR) is 239 cm³/mol. The van der Waals surface area contributed by atoms with Crippen LogP contribution in [0, 0.1) is 0 Å². The number of aromatic nitrogens is 1. The van der Waals surface area contributed by atoms with Gasteiger partial charge in [0.1, 0.15) is 29.2 Å². The van der Waals surface area contributed by atoms with E-state index in [0.717, 1.165) is 27.8 Å². The highest BCUT2D eigenvalue weighted by Gasteiger charge is 2.37. The van der Waals surface area contributed by atoms with Crippen LogP contribution in [0.15, 0.2) is 125 Å². The maximum atomic E-state index is 12.6. The van der Waals surface area contributed by atoms with Crippen LogP contribution in [-0.2, 0) is 37.7 Å². The number of nitrogens with zero attached hydrogens (tertiary/aromatic N) is 6. The second kappa shape index (κ2) is 19.3. The molecule has 0 radical (unpaired) electrons. The zero-order valence-electron chi connectivity index (χ0n) is 35.3. The van der Waals surface area contributed by atoms with Crippen molar-refractivity contribution in [2.45, 2.75) is 51.8 Å². The number of fused-ring (bicyclic) bond motifs is 1. The highest BCUT2D eigenvalue weighted by molar-refractivity contribution is 7.14. The molecule has 3 heterocycles. The SMILES string of the molecule is CC(=O)N=C(N1CCN(C(=O)OC(C)(C)C)CC1)N1CCc2cc(OCCO/N=C(\C(=O)O)c3csc(NC(c4ccccc4)(c4ccccc4)c4ccccc4)n3)ccc2C1. The number of hydrogen-bond donors (Lipinski definition) is 2. The molecule has 7 rings (SSSR count). The second-order valence-corrected chi connectivity index (χ2v) is 16.8. The van der Waals surface area contributed by atoms with Crippen molar-refractivity contribution < 1.29 is 33.8 Å². The van der Waals surface area contributed by atoms with Gasteiger partial charge in [-0.25, -0.2) is 14.6 Å². The largest absolute Gasteiger partial charge is 0.490 e. The lowest BCUT2D eigenvalue weighted by Gasteiger charge is -2.41. The Morgan fingerprint density at radius 3 is 1.94 bits per heavy atom. The third-order valence-electron chi connectivity index (χ3n) is 10.4. The van der Waals surface area contributed by atoms with E-state index < -0.39 is 17.1 Å². The molecule has 5 aromatic rings. The van der Waals surface area contributed by atoms with Gasteiger partial charge in [0.15, 0.2) is 11.7 Å². The first-order chi connectivity index (χ1) is 29.9. The molecule has 4 aromatic carbocycles. The number of aliphatic imine (C=N–C) groups is 1. The Bertz CT molecular complexity index is 2300. The number of thiazole rings is 1. The van der Waals surface area contributed by atoms with E-state index in [4.69, 9.17) is 19.3 Å².